The Morgan fingerprint density at radius 1 is 1.35 bits per heavy atom. The third-order valence-electron chi connectivity index (χ3n) is 4.16. The van der Waals surface area contributed by atoms with E-state index in [4.69, 9.17) is 15.0 Å². The lowest BCUT2D eigenvalue weighted by molar-refractivity contribution is -0.134. The molecular formula is C15H24N4O4. The lowest BCUT2D eigenvalue weighted by Crippen LogP contribution is -2.49. The van der Waals surface area contributed by atoms with Crippen molar-refractivity contribution in [1.29, 1.82) is 0 Å². The minimum absolute atomic E-state index is 0.165. The Balaban J connectivity index is 1.80. The van der Waals surface area contributed by atoms with Crippen molar-refractivity contribution in [3.8, 4) is 0 Å². The Kier molecular flexibility index (Phi) is 5.70. The summed E-state index contributed by atoms with van der Waals surface area (Å²) in [6.07, 6.45) is 1.66. The predicted octanol–water partition coefficient (Wildman–Crippen LogP) is 0.524. The van der Waals surface area contributed by atoms with Gasteiger partial charge in [-0.25, -0.2) is 0 Å². The minimum Gasteiger partial charge on any atom is -0.381 e. The van der Waals surface area contributed by atoms with E-state index < -0.39 is 5.41 Å². The van der Waals surface area contributed by atoms with E-state index in [2.05, 4.69) is 15.5 Å². The van der Waals surface area contributed by atoms with E-state index in [0.29, 0.717) is 44.2 Å². The predicted molar refractivity (Wildman–Crippen MR) is 81.4 cm³/mol. The third-order valence-corrected chi connectivity index (χ3v) is 4.16. The Bertz CT molecular complexity index is 549. The van der Waals surface area contributed by atoms with Crippen LogP contribution in [0.15, 0.2) is 4.52 Å². The zero-order chi connectivity index (χ0) is 16.9. The molecule has 0 unspecified atom stereocenters. The van der Waals surface area contributed by atoms with Gasteiger partial charge < -0.3 is 20.3 Å². The summed E-state index contributed by atoms with van der Waals surface area (Å²) in [7, 11) is 0. The number of nitrogens with two attached hydrogens (primary N) is 1. The van der Waals surface area contributed by atoms with E-state index in [1.807, 2.05) is 13.8 Å². The van der Waals surface area contributed by atoms with Crippen LogP contribution < -0.4 is 11.1 Å². The van der Waals surface area contributed by atoms with Gasteiger partial charge in [0, 0.05) is 38.5 Å². The van der Waals surface area contributed by atoms with Crippen LogP contribution in [0.25, 0.3) is 0 Å². The van der Waals surface area contributed by atoms with Gasteiger partial charge in [-0.15, -0.1) is 0 Å². The maximum absolute atomic E-state index is 12.0. The van der Waals surface area contributed by atoms with Crippen LogP contribution in [-0.2, 0) is 20.7 Å². The van der Waals surface area contributed by atoms with Crippen LogP contribution in [0.5, 0.6) is 0 Å². The van der Waals surface area contributed by atoms with Gasteiger partial charge in [0.05, 0.1) is 5.41 Å². The summed E-state index contributed by atoms with van der Waals surface area (Å²) in [5.41, 5.74) is 4.80. The molecule has 2 rings (SSSR count). The van der Waals surface area contributed by atoms with E-state index in [9.17, 15) is 9.59 Å². The normalized spacial score (nSPS) is 17.2. The van der Waals surface area contributed by atoms with Crippen LogP contribution >= 0.6 is 0 Å². The highest BCUT2D eigenvalue weighted by Crippen LogP contribution is 2.29. The average molecular weight is 324 g/mol. The summed E-state index contributed by atoms with van der Waals surface area (Å²) in [5.74, 6) is 0.709. The molecule has 1 aliphatic heterocycles. The second-order valence-electron chi connectivity index (χ2n) is 6.23. The molecular weight excluding hydrogens is 300 g/mol. The fourth-order valence-electron chi connectivity index (χ4n) is 2.45. The summed E-state index contributed by atoms with van der Waals surface area (Å²) >= 11 is 0. The topological polar surface area (TPSA) is 120 Å². The highest BCUT2D eigenvalue weighted by molar-refractivity contribution is 5.83. The van der Waals surface area contributed by atoms with Gasteiger partial charge in [-0.1, -0.05) is 19.0 Å². The standard InChI is InChI=1S/C15H24N4O4/c1-10(2)13-18-12(23-19-13)4-3-11(20)17-9-15(14(16)21)5-7-22-8-6-15/h10H,3-9H2,1-2H3,(H2,16,21)(H,17,20). The van der Waals surface area contributed by atoms with Crippen molar-refractivity contribution in [2.45, 2.75) is 45.4 Å². The maximum atomic E-state index is 12.0. The van der Waals surface area contributed by atoms with Crippen molar-refractivity contribution in [3.05, 3.63) is 11.7 Å². The number of hydrogen-bond acceptors (Lipinski definition) is 6. The monoisotopic (exact) mass is 324 g/mol. The van der Waals surface area contributed by atoms with Crippen molar-refractivity contribution in [3.63, 3.8) is 0 Å². The van der Waals surface area contributed by atoms with Gasteiger partial charge in [-0.05, 0) is 12.8 Å². The van der Waals surface area contributed by atoms with Crippen LogP contribution in [0.4, 0.5) is 0 Å². The van der Waals surface area contributed by atoms with Crippen molar-refractivity contribution in [2.75, 3.05) is 19.8 Å². The molecule has 0 radical (unpaired) electrons. The first-order valence-electron chi connectivity index (χ1n) is 7.90. The zero-order valence-electron chi connectivity index (χ0n) is 13.6. The highest BCUT2D eigenvalue weighted by atomic mass is 16.5. The lowest BCUT2D eigenvalue weighted by Gasteiger charge is -2.34. The molecule has 1 fully saturated rings. The fourth-order valence-corrected chi connectivity index (χ4v) is 2.45. The number of amides is 2. The second kappa shape index (κ2) is 7.54. The van der Waals surface area contributed by atoms with E-state index >= 15 is 0 Å². The zero-order valence-corrected chi connectivity index (χ0v) is 13.6. The quantitative estimate of drug-likeness (QED) is 0.754. The average Bonchev–Trinajstić information content (AvgIpc) is 3.01. The first-order valence-corrected chi connectivity index (χ1v) is 7.90. The van der Waals surface area contributed by atoms with Crippen molar-refractivity contribution >= 4 is 11.8 Å². The number of carbonyl (C=O) groups excluding carboxylic acids is 2. The molecule has 0 bridgehead atoms. The van der Waals surface area contributed by atoms with Gasteiger partial charge in [-0.2, -0.15) is 4.98 Å². The summed E-state index contributed by atoms with van der Waals surface area (Å²) in [6.45, 7) is 5.15. The number of aryl methyl sites for hydroxylation is 1. The molecule has 128 valence electrons. The molecule has 23 heavy (non-hydrogen) atoms. The number of hydrogen-bond donors (Lipinski definition) is 2. The van der Waals surface area contributed by atoms with Gasteiger partial charge in [0.25, 0.3) is 0 Å². The fraction of sp³-hybridized carbons (Fsp3) is 0.733. The smallest absolute Gasteiger partial charge is 0.227 e. The molecule has 0 aliphatic carbocycles. The molecule has 1 aromatic heterocycles. The Hall–Kier alpha value is -1.96. The molecule has 8 nitrogen and oxygen atoms in total. The van der Waals surface area contributed by atoms with Crippen LogP contribution in [0.3, 0.4) is 0 Å². The largest absolute Gasteiger partial charge is 0.381 e. The van der Waals surface area contributed by atoms with Gasteiger partial charge in [-0.3, -0.25) is 9.59 Å². The molecule has 1 saturated heterocycles. The van der Waals surface area contributed by atoms with E-state index in [1.54, 1.807) is 0 Å². The van der Waals surface area contributed by atoms with E-state index in [-0.39, 0.29) is 30.7 Å². The number of ether oxygens (including phenoxy) is 1. The van der Waals surface area contributed by atoms with Gasteiger partial charge in [0.15, 0.2) is 5.82 Å². The summed E-state index contributed by atoms with van der Waals surface area (Å²) in [5, 5.41) is 6.64. The van der Waals surface area contributed by atoms with Crippen molar-refractivity contribution < 1.29 is 18.8 Å². The van der Waals surface area contributed by atoms with Crippen LogP contribution in [0.1, 0.15) is 50.7 Å². The summed E-state index contributed by atoms with van der Waals surface area (Å²) < 4.78 is 10.4. The summed E-state index contributed by atoms with van der Waals surface area (Å²) in [4.78, 5) is 27.9. The second-order valence-corrected chi connectivity index (χ2v) is 6.23. The summed E-state index contributed by atoms with van der Waals surface area (Å²) in [6, 6.07) is 0. The molecule has 0 saturated carbocycles. The number of rotatable bonds is 7. The third kappa shape index (κ3) is 4.51. The molecule has 2 amide bonds. The number of nitrogens with one attached hydrogen (secondary N) is 1. The van der Waals surface area contributed by atoms with Gasteiger partial charge in [0.2, 0.25) is 17.7 Å². The molecule has 8 heteroatoms. The molecule has 0 aromatic carbocycles. The lowest BCUT2D eigenvalue weighted by atomic mass is 9.79. The SMILES string of the molecule is CC(C)c1noc(CCC(=O)NCC2(C(N)=O)CCOCC2)n1. The van der Waals surface area contributed by atoms with E-state index in [1.165, 1.54) is 0 Å². The molecule has 2 heterocycles. The van der Waals surface area contributed by atoms with Crippen LogP contribution in [-0.4, -0.2) is 41.7 Å². The van der Waals surface area contributed by atoms with Crippen LogP contribution in [0.2, 0.25) is 0 Å². The van der Waals surface area contributed by atoms with Gasteiger partial charge >= 0.3 is 0 Å². The Morgan fingerprint density at radius 2 is 2.04 bits per heavy atom. The number of carbonyl (C=O) groups is 2. The Morgan fingerprint density at radius 3 is 2.61 bits per heavy atom. The number of primary amides is 1. The van der Waals surface area contributed by atoms with E-state index in [0.717, 1.165) is 0 Å². The molecule has 3 N–H and O–H groups in total. The molecule has 0 spiro atoms. The number of nitrogens with zero attached hydrogens (tertiary/aromatic N) is 2. The first-order chi connectivity index (χ1) is 10.9. The molecule has 1 aliphatic rings. The maximum Gasteiger partial charge on any atom is 0.227 e. The minimum atomic E-state index is -0.705. The molecule has 1 aromatic rings. The van der Waals surface area contributed by atoms with Crippen LogP contribution in [0, 0.1) is 5.41 Å². The van der Waals surface area contributed by atoms with Crippen molar-refractivity contribution in [2.24, 2.45) is 11.1 Å². The molecule has 0 atom stereocenters. The van der Waals surface area contributed by atoms with Gasteiger partial charge in [0.1, 0.15) is 0 Å². The highest BCUT2D eigenvalue weighted by Gasteiger charge is 2.38. The Labute approximate surface area is 135 Å². The first kappa shape index (κ1) is 17.4. The number of aromatic nitrogens is 2. The van der Waals surface area contributed by atoms with Crippen molar-refractivity contribution in [1.82, 2.24) is 15.5 Å².